The standard InChI is InChI=1S/C21H19NO2.C2H6/c1-21(2)16-6-4-5-7-17(16)22-18-11-9-13-12-14(20(23)24-3)8-10-15(13)19(18)21;1-2/h4-12,22H,1-3H3;1-2H3. The van der Waals surface area contributed by atoms with Crippen molar-refractivity contribution in [1.29, 1.82) is 0 Å². The Bertz CT molecular complexity index is 973. The highest BCUT2D eigenvalue weighted by Crippen LogP contribution is 2.48. The molecular formula is C23H25NO2. The van der Waals surface area contributed by atoms with Gasteiger partial charge in [0.05, 0.1) is 12.7 Å². The molecule has 1 aliphatic heterocycles. The van der Waals surface area contributed by atoms with Gasteiger partial charge in [0.1, 0.15) is 0 Å². The number of ether oxygens (including phenoxy) is 1. The Labute approximate surface area is 155 Å². The second kappa shape index (κ2) is 6.83. The van der Waals surface area contributed by atoms with Crippen molar-refractivity contribution >= 4 is 28.1 Å². The Balaban J connectivity index is 0.000000948. The number of anilines is 2. The number of carbonyl (C=O) groups is 1. The van der Waals surface area contributed by atoms with Crippen molar-refractivity contribution in [2.24, 2.45) is 0 Å². The smallest absolute Gasteiger partial charge is 0.337 e. The molecule has 4 rings (SSSR count). The van der Waals surface area contributed by atoms with E-state index in [1.807, 2.05) is 32.0 Å². The Hall–Kier alpha value is -2.81. The van der Waals surface area contributed by atoms with Gasteiger partial charge in [-0.3, -0.25) is 0 Å². The first-order valence-corrected chi connectivity index (χ1v) is 9.04. The van der Waals surface area contributed by atoms with E-state index in [1.165, 1.54) is 18.2 Å². The molecule has 0 saturated heterocycles. The molecule has 0 radical (unpaired) electrons. The van der Waals surface area contributed by atoms with Gasteiger partial charge in [0.2, 0.25) is 0 Å². The number of esters is 1. The Morgan fingerprint density at radius 3 is 2.42 bits per heavy atom. The molecule has 0 amide bonds. The first-order chi connectivity index (χ1) is 12.5. The van der Waals surface area contributed by atoms with Gasteiger partial charge in [0, 0.05) is 16.8 Å². The fourth-order valence-corrected chi connectivity index (χ4v) is 3.77. The minimum absolute atomic E-state index is 0.122. The molecular weight excluding hydrogens is 322 g/mol. The minimum atomic E-state index is -0.308. The average molecular weight is 347 g/mol. The number of fused-ring (bicyclic) bond motifs is 4. The molecule has 3 aromatic carbocycles. The van der Waals surface area contributed by atoms with Gasteiger partial charge < -0.3 is 10.1 Å². The number of benzene rings is 3. The van der Waals surface area contributed by atoms with Gasteiger partial charge in [-0.05, 0) is 46.2 Å². The predicted molar refractivity (Wildman–Crippen MR) is 108 cm³/mol. The van der Waals surface area contributed by atoms with Crippen LogP contribution in [-0.2, 0) is 10.2 Å². The van der Waals surface area contributed by atoms with E-state index < -0.39 is 0 Å². The largest absolute Gasteiger partial charge is 0.465 e. The first kappa shape index (κ1) is 18.0. The van der Waals surface area contributed by atoms with Crippen LogP contribution in [0.3, 0.4) is 0 Å². The lowest BCUT2D eigenvalue weighted by molar-refractivity contribution is 0.0601. The molecule has 0 aromatic heterocycles. The normalized spacial score (nSPS) is 13.6. The molecule has 0 saturated carbocycles. The zero-order chi connectivity index (χ0) is 18.9. The summed E-state index contributed by atoms with van der Waals surface area (Å²) in [4.78, 5) is 11.8. The molecule has 0 unspecified atom stereocenters. The highest BCUT2D eigenvalue weighted by atomic mass is 16.5. The van der Waals surface area contributed by atoms with Gasteiger partial charge in [-0.2, -0.15) is 0 Å². The van der Waals surface area contributed by atoms with Crippen LogP contribution in [0.4, 0.5) is 11.4 Å². The Morgan fingerprint density at radius 1 is 0.962 bits per heavy atom. The molecule has 3 heteroatoms. The van der Waals surface area contributed by atoms with E-state index in [9.17, 15) is 4.79 Å². The lowest BCUT2D eigenvalue weighted by Gasteiger charge is -2.36. The third kappa shape index (κ3) is 2.74. The number of hydrogen-bond donors (Lipinski definition) is 1. The summed E-state index contributed by atoms with van der Waals surface area (Å²) < 4.78 is 4.83. The average Bonchev–Trinajstić information content (AvgIpc) is 2.68. The molecule has 3 nitrogen and oxygen atoms in total. The number of hydrogen-bond acceptors (Lipinski definition) is 3. The molecule has 0 atom stereocenters. The molecule has 0 aliphatic carbocycles. The minimum Gasteiger partial charge on any atom is -0.465 e. The number of rotatable bonds is 1. The summed E-state index contributed by atoms with van der Waals surface area (Å²) in [7, 11) is 1.41. The lowest BCUT2D eigenvalue weighted by atomic mass is 9.72. The second-order valence-corrected chi connectivity index (χ2v) is 6.71. The number of carbonyl (C=O) groups excluding carboxylic acids is 1. The summed E-state index contributed by atoms with van der Waals surface area (Å²) in [5.74, 6) is -0.308. The van der Waals surface area contributed by atoms with Gasteiger partial charge in [-0.1, -0.05) is 58.0 Å². The molecule has 0 fully saturated rings. The SMILES string of the molecule is CC.COC(=O)c1ccc2c3c(ccc2c1)Nc1ccccc1C3(C)C. The highest BCUT2D eigenvalue weighted by molar-refractivity contribution is 5.99. The summed E-state index contributed by atoms with van der Waals surface area (Å²) >= 11 is 0. The van der Waals surface area contributed by atoms with E-state index in [1.54, 1.807) is 0 Å². The van der Waals surface area contributed by atoms with Gasteiger partial charge in [-0.25, -0.2) is 4.79 Å². The maximum atomic E-state index is 11.8. The molecule has 1 aliphatic rings. The number of nitrogens with one attached hydrogen (secondary N) is 1. The van der Waals surface area contributed by atoms with Gasteiger partial charge in [-0.15, -0.1) is 0 Å². The van der Waals surface area contributed by atoms with Gasteiger partial charge in [0.15, 0.2) is 0 Å². The summed E-state index contributed by atoms with van der Waals surface area (Å²) in [6.45, 7) is 8.50. The third-order valence-electron chi connectivity index (χ3n) is 4.94. The topological polar surface area (TPSA) is 38.3 Å². The van der Waals surface area contributed by atoms with Crippen LogP contribution in [0.5, 0.6) is 0 Å². The predicted octanol–water partition coefficient (Wildman–Crippen LogP) is 6.04. The van der Waals surface area contributed by atoms with Crippen LogP contribution in [0.1, 0.15) is 49.2 Å². The van der Waals surface area contributed by atoms with E-state index in [4.69, 9.17) is 4.74 Å². The summed E-state index contributed by atoms with van der Waals surface area (Å²) in [6, 6.07) is 18.3. The van der Waals surface area contributed by atoms with E-state index in [0.717, 1.165) is 22.1 Å². The van der Waals surface area contributed by atoms with Gasteiger partial charge >= 0.3 is 5.97 Å². The first-order valence-electron chi connectivity index (χ1n) is 9.04. The monoisotopic (exact) mass is 347 g/mol. The third-order valence-corrected chi connectivity index (χ3v) is 4.94. The van der Waals surface area contributed by atoms with E-state index in [0.29, 0.717) is 5.56 Å². The lowest BCUT2D eigenvalue weighted by Crippen LogP contribution is -2.26. The Kier molecular flexibility index (Phi) is 4.73. The van der Waals surface area contributed by atoms with E-state index in [-0.39, 0.29) is 11.4 Å². The van der Waals surface area contributed by atoms with E-state index >= 15 is 0 Å². The summed E-state index contributed by atoms with van der Waals surface area (Å²) in [5, 5.41) is 5.75. The van der Waals surface area contributed by atoms with Crippen LogP contribution in [0.2, 0.25) is 0 Å². The van der Waals surface area contributed by atoms with Crippen LogP contribution >= 0.6 is 0 Å². The quantitative estimate of drug-likeness (QED) is 0.546. The van der Waals surface area contributed by atoms with Gasteiger partial charge in [0.25, 0.3) is 0 Å². The van der Waals surface area contributed by atoms with Crippen LogP contribution in [-0.4, -0.2) is 13.1 Å². The van der Waals surface area contributed by atoms with Crippen molar-refractivity contribution in [2.75, 3.05) is 12.4 Å². The molecule has 1 N–H and O–H groups in total. The molecule has 3 aromatic rings. The zero-order valence-corrected chi connectivity index (χ0v) is 16.0. The number of methoxy groups -OCH3 is 1. The van der Waals surface area contributed by atoms with Crippen molar-refractivity contribution in [1.82, 2.24) is 0 Å². The molecule has 134 valence electrons. The van der Waals surface area contributed by atoms with Crippen molar-refractivity contribution in [3.05, 3.63) is 71.3 Å². The second-order valence-electron chi connectivity index (χ2n) is 6.71. The highest BCUT2D eigenvalue weighted by Gasteiger charge is 2.33. The van der Waals surface area contributed by atoms with Crippen LogP contribution in [0, 0.1) is 0 Å². The summed E-state index contributed by atoms with van der Waals surface area (Å²) in [6.07, 6.45) is 0. The number of para-hydroxylation sites is 1. The molecule has 0 spiro atoms. The van der Waals surface area contributed by atoms with Crippen LogP contribution in [0.15, 0.2) is 54.6 Å². The molecule has 26 heavy (non-hydrogen) atoms. The molecule has 1 heterocycles. The van der Waals surface area contributed by atoms with Crippen LogP contribution in [0.25, 0.3) is 10.8 Å². The van der Waals surface area contributed by atoms with Crippen molar-refractivity contribution < 1.29 is 9.53 Å². The molecule has 0 bridgehead atoms. The maximum absolute atomic E-state index is 11.8. The van der Waals surface area contributed by atoms with Crippen molar-refractivity contribution in [3.63, 3.8) is 0 Å². The zero-order valence-electron chi connectivity index (χ0n) is 16.0. The fourth-order valence-electron chi connectivity index (χ4n) is 3.77. The summed E-state index contributed by atoms with van der Waals surface area (Å²) in [5.41, 5.74) is 5.27. The van der Waals surface area contributed by atoms with E-state index in [2.05, 4.69) is 55.6 Å². The van der Waals surface area contributed by atoms with Crippen molar-refractivity contribution in [2.45, 2.75) is 33.1 Å². The maximum Gasteiger partial charge on any atom is 0.337 e. The Morgan fingerprint density at radius 2 is 1.69 bits per heavy atom. The van der Waals surface area contributed by atoms with Crippen molar-refractivity contribution in [3.8, 4) is 0 Å². The fraction of sp³-hybridized carbons (Fsp3) is 0.261. The van der Waals surface area contributed by atoms with Crippen LogP contribution < -0.4 is 5.32 Å².